The summed E-state index contributed by atoms with van der Waals surface area (Å²) in [6.07, 6.45) is 6.85. The molecular formula is C35H47N5O3. The molecule has 1 unspecified atom stereocenters. The van der Waals surface area contributed by atoms with Crippen molar-refractivity contribution in [3.05, 3.63) is 88.7 Å². The maximum atomic E-state index is 12.9. The molecular weight excluding hydrogens is 538 g/mol. The van der Waals surface area contributed by atoms with Crippen molar-refractivity contribution in [3.63, 3.8) is 0 Å². The van der Waals surface area contributed by atoms with Crippen molar-refractivity contribution in [2.45, 2.75) is 78.6 Å². The Hall–Kier alpha value is -3.91. The fourth-order valence-electron chi connectivity index (χ4n) is 5.77. The number of pyridine rings is 1. The standard InChI is InChI=1S/C35H47N5O3/c1-24(2)38-34(41)28-7-12-33(26(4)21-28)35(42)37-18-14-27(5)39-19-15-31(16-20-39)40(23-29-22-36-17-13-25(29)3)30-8-10-32(43-6)11-9-30/h7-13,17,21-22,24,27,31H,14-16,18-20,23H2,1-6H3,(H,37,42)(H,38,41). The maximum absolute atomic E-state index is 12.9. The number of piperidine rings is 1. The van der Waals surface area contributed by atoms with E-state index in [0.29, 0.717) is 29.8 Å². The van der Waals surface area contributed by atoms with Crippen molar-refractivity contribution in [3.8, 4) is 5.75 Å². The molecule has 2 aromatic carbocycles. The van der Waals surface area contributed by atoms with Crippen LogP contribution in [0.25, 0.3) is 0 Å². The number of ether oxygens (including phenoxy) is 1. The molecule has 8 heteroatoms. The van der Waals surface area contributed by atoms with Crippen LogP contribution in [0.5, 0.6) is 5.75 Å². The molecule has 0 spiro atoms. The lowest BCUT2D eigenvalue weighted by Crippen LogP contribution is -2.48. The number of likely N-dealkylation sites (tertiary alicyclic amines) is 1. The van der Waals surface area contributed by atoms with Crippen molar-refractivity contribution >= 4 is 17.5 Å². The van der Waals surface area contributed by atoms with E-state index in [1.165, 1.54) is 16.8 Å². The van der Waals surface area contributed by atoms with E-state index in [9.17, 15) is 9.59 Å². The monoisotopic (exact) mass is 585 g/mol. The molecule has 3 aromatic rings. The van der Waals surface area contributed by atoms with Gasteiger partial charge in [-0.15, -0.1) is 0 Å². The predicted octanol–water partition coefficient (Wildman–Crippen LogP) is 5.52. The van der Waals surface area contributed by atoms with Gasteiger partial charge in [-0.2, -0.15) is 0 Å². The van der Waals surface area contributed by atoms with Crippen LogP contribution in [0.4, 0.5) is 5.69 Å². The number of anilines is 1. The summed E-state index contributed by atoms with van der Waals surface area (Å²) in [4.78, 5) is 34.7. The van der Waals surface area contributed by atoms with Gasteiger partial charge in [0, 0.05) is 73.5 Å². The molecule has 4 rings (SSSR count). The summed E-state index contributed by atoms with van der Waals surface area (Å²) in [5.74, 6) is 0.639. The molecule has 0 saturated carbocycles. The largest absolute Gasteiger partial charge is 0.497 e. The molecule has 230 valence electrons. The Labute approximate surface area is 256 Å². The van der Waals surface area contributed by atoms with Gasteiger partial charge in [-0.25, -0.2) is 0 Å². The van der Waals surface area contributed by atoms with Gasteiger partial charge in [0.2, 0.25) is 0 Å². The Morgan fingerprint density at radius 3 is 2.35 bits per heavy atom. The van der Waals surface area contributed by atoms with E-state index >= 15 is 0 Å². The lowest BCUT2D eigenvalue weighted by Gasteiger charge is -2.42. The van der Waals surface area contributed by atoms with E-state index in [1.807, 2.05) is 45.3 Å². The first kappa shape index (κ1) is 32.0. The number of aromatic nitrogens is 1. The summed E-state index contributed by atoms with van der Waals surface area (Å²) in [6, 6.07) is 16.5. The van der Waals surface area contributed by atoms with Crippen LogP contribution in [0.2, 0.25) is 0 Å². The molecule has 1 aromatic heterocycles. The molecule has 2 amide bonds. The summed E-state index contributed by atoms with van der Waals surface area (Å²) >= 11 is 0. The minimum atomic E-state index is -0.123. The lowest BCUT2D eigenvalue weighted by molar-refractivity contribution is 0.0931. The van der Waals surface area contributed by atoms with Crippen LogP contribution >= 0.6 is 0 Å². The van der Waals surface area contributed by atoms with Crippen molar-refractivity contribution in [2.24, 2.45) is 0 Å². The van der Waals surface area contributed by atoms with Gasteiger partial charge in [0.05, 0.1) is 7.11 Å². The van der Waals surface area contributed by atoms with Crippen LogP contribution < -0.4 is 20.3 Å². The zero-order valence-corrected chi connectivity index (χ0v) is 26.5. The number of carbonyl (C=O) groups is 2. The number of benzene rings is 2. The summed E-state index contributed by atoms with van der Waals surface area (Å²) < 4.78 is 5.40. The van der Waals surface area contributed by atoms with Gasteiger partial charge in [-0.05, 0) is 119 Å². The number of nitrogens with one attached hydrogen (secondary N) is 2. The van der Waals surface area contributed by atoms with Gasteiger partial charge in [0.1, 0.15) is 5.75 Å². The minimum absolute atomic E-state index is 0.0621. The summed E-state index contributed by atoms with van der Waals surface area (Å²) in [6.45, 7) is 13.6. The molecule has 1 aliphatic heterocycles. The van der Waals surface area contributed by atoms with Crippen LogP contribution in [0, 0.1) is 13.8 Å². The van der Waals surface area contributed by atoms with E-state index in [0.717, 1.165) is 50.2 Å². The van der Waals surface area contributed by atoms with Crippen LogP contribution in [0.3, 0.4) is 0 Å². The molecule has 1 saturated heterocycles. The SMILES string of the molecule is COc1ccc(N(Cc2cnccc2C)C2CCN(C(C)CCNC(=O)c3ccc(C(=O)NC(C)C)cc3C)CC2)cc1. The van der Waals surface area contributed by atoms with Gasteiger partial charge >= 0.3 is 0 Å². The molecule has 0 radical (unpaired) electrons. The second kappa shape index (κ2) is 15.0. The van der Waals surface area contributed by atoms with Crippen molar-refractivity contribution in [1.29, 1.82) is 0 Å². The van der Waals surface area contributed by atoms with Gasteiger partial charge < -0.3 is 25.2 Å². The van der Waals surface area contributed by atoms with Crippen molar-refractivity contribution < 1.29 is 14.3 Å². The van der Waals surface area contributed by atoms with Crippen LogP contribution in [0.15, 0.2) is 60.9 Å². The number of amides is 2. The van der Waals surface area contributed by atoms with E-state index in [4.69, 9.17) is 4.74 Å². The number of rotatable bonds is 12. The molecule has 1 aliphatic rings. The summed E-state index contributed by atoms with van der Waals surface area (Å²) in [5, 5.41) is 5.98. The van der Waals surface area contributed by atoms with E-state index in [1.54, 1.807) is 25.3 Å². The molecule has 2 heterocycles. The topological polar surface area (TPSA) is 86.8 Å². The van der Waals surface area contributed by atoms with Crippen molar-refractivity contribution in [1.82, 2.24) is 20.5 Å². The smallest absolute Gasteiger partial charge is 0.251 e. The Bertz CT molecular complexity index is 1370. The third-order valence-corrected chi connectivity index (χ3v) is 8.46. The minimum Gasteiger partial charge on any atom is -0.497 e. The summed E-state index contributed by atoms with van der Waals surface area (Å²) in [5.41, 5.74) is 5.67. The predicted molar refractivity (Wildman–Crippen MR) is 173 cm³/mol. The molecule has 8 nitrogen and oxygen atoms in total. The Balaban J connectivity index is 1.30. The molecule has 1 atom stereocenters. The van der Waals surface area contributed by atoms with Gasteiger partial charge in [-0.1, -0.05) is 0 Å². The van der Waals surface area contributed by atoms with E-state index in [2.05, 4.69) is 57.5 Å². The van der Waals surface area contributed by atoms with Gasteiger partial charge in [-0.3, -0.25) is 14.6 Å². The molecule has 0 aliphatic carbocycles. The molecule has 0 bridgehead atoms. The number of nitrogens with zero attached hydrogens (tertiary/aromatic N) is 3. The highest BCUT2D eigenvalue weighted by molar-refractivity contribution is 5.99. The van der Waals surface area contributed by atoms with Gasteiger partial charge in [0.25, 0.3) is 11.8 Å². The average Bonchev–Trinajstić information content (AvgIpc) is 3.00. The lowest BCUT2D eigenvalue weighted by atomic mass is 9.99. The second-order valence-electron chi connectivity index (χ2n) is 11.9. The second-order valence-corrected chi connectivity index (χ2v) is 11.9. The van der Waals surface area contributed by atoms with Crippen LogP contribution in [-0.4, -0.2) is 66.6 Å². The average molecular weight is 586 g/mol. The van der Waals surface area contributed by atoms with Crippen LogP contribution in [-0.2, 0) is 6.54 Å². The zero-order valence-electron chi connectivity index (χ0n) is 26.5. The molecule has 1 fully saturated rings. The number of hydrogen-bond acceptors (Lipinski definition) is 6. The molecule has 2 N–H and O–H groups in total. The highest BCUT2D eigenvalue weighted by atomic mass is 16.5. The summed E-state index contributed by atoms with van der Waals surface area (Å²) in [7, 11) is 1.70. The quantitative estimate of drug-likeness (QED) is 0.291. The van der Waals surface area contributed by atoms with E-state index < -0.39 is 0 Å². The maximum Gasteiger partial charge on any atom is 0.251 e. The van der Waals surface area contributed by atoms with Crippen LogP contribution in [0.1, 0.15) is 77.4 Å². The Morgan fingerprint density at radius 1 is 1.00 bits per heavy atom. The third kappa shape index (κ3) is 8.57. The molecule has 43 heavy (non-hydrogen) atoms. The number of methoxy groups -OCH3 is 1. The first-order valence-corrected chi connectivity index (χ1v) is 15.4. The Morgan fingerprint density at radius 2 is 1.72 bits per heavy atom. The number of aryl methyl sites for hydroxylation is 2. The highest BCUT2D eigenvalue weighted by Crippen LogP contribution is 2.29. The first-order valence-electron chi connectivity index (χ1n) is 15.4. The van der Waals surface area contributed by atoms with Crippen molar-refractivity contribution in [2.75, 3.05) is 31.6 Å². The Kier molecular flexibility index (Phi) is 11.2. The fourth-order valence-corrected chi connectivity index (χ4v) is 5.77. The third-order valence-electron chi connectivity index (χ3n) is 8.46. The van der Waals surface area contributed by atoms with E-state index in [-0.39, 0.29) is 17.9 Å². The number of carbonyl (C=O) groups excluding carboxylic acids is 2. The highest BCUT2D eigenvalue weighted by Gasteiger charge is 2.28. The zero-order chi connectivity index (χ0) is 30.9. The fraction of sp³-hybridized carbons (Fsp3) is 0.457. The normalized spacial score (nSPS) is 14.8. The van der Waals surface area contributed by atoms with Gasteiger partial charge in [0.15, 0.2) is 0 Å². The first-order chi connectivity index (χ1) is 20.7. The number of hydrogen-bond donors (Lipinski definition) is 2.